The monoisotopic (exact) mass is 275 g/mol. The summed E-state index contributed by atoms with van der Waals surface area (Å²) in [5.74, 6) is 0.710. The zero-order valence-electron chi connectivity index (χ0n) is 11.5. The zero-order valence-corrected chi connectivity index (χ0v) is 11.5. The van der Waals surface area contributed by atoms with Gasteiger partial charge in [-0.2, -0.15) is 0 Å². The largest absolute Gasteiger partial charge is 0.360 e. The lowest BCUT2D eigenvalue weighted by molar-refractivity contribution is 0.540. The number of rotatable bonds is 4. The highest BCUT2D eigenvalue weighted by atomic mass is 19.1. The highest BCUT2D eigenvalue weighted by Crippen LogP contribution is 2.27. The highest BCUT2D eigenvalue weighted by molar-refractivity contribution is 5.55. The Morgan fingerprint density at radius 3 is 3.10 bits per heavy atom. The minimum Gasteiger partial charge on any atom is -0.360 e. The topological polar surface area (TPSA) is 46.0 Å². The number of hydrogen-bond donors (Lipinski definition) is 1. The van der Waals surface area contributed by atoms with Crippen molar-refractivity contribution in [2.75, 3.05) is 18.0 Å². The molecule has 0 unspecified atom stereocenters. The fraction of sp³-hybridized carbons (Fsp3) is 0.429. The van der Waals surface area contributed by atoms with Crippen molar-refractivity contribution in [1.29, 1.82) is 0 Å². The molecule has 20 heavy (non-hydrogen) atoms. The molecule has 1 aliphatic heterocycles. The summed E-state index contributed by atoms with van der Waals surface area (Å²) in [4.78, 5) is 2.05. The Morgan fingerprint density at radius 1 is 1.35 bits per heavy atom. The molecule has 2 aromatic rings. The van der Waals surface area contributed by atoms with E-state index in [2.05, 4.69) is 15.5 Å². The number of nitrogens with one attached hydrogen (secondary N) is 1. The van der Waals surface area contributed by atoms with Gasteiger partial charge in [-0.05, 0) is 18.2 Å². The molecule has 0 aliphatic carbocycles. The molecule has 1 aliphatic rings. The van der Waals surface area contributed by atoms with E-state index in [0.717, 1.165) is 31.0 Å². The van der Waals surface area contributed by atoms with Crippen molar-refractivity contribution >= 4 is 5.69 Å². The van der Waals surface area contributed by atoms with Crippen molar-refractivity contribution in [3.05, 3.63) is 41.7 Å². The summed E-state index contributed by atoms with van der Waals surface area (Å²) in [6.07, 6.45) is 1.73. The van der Waals surface area contributed by atoms with Gasteiger partial charge < -0.3 is 14.8 Å². The molecule has 1 aromatic carbocycles. The fourth-order valence-electron chi connectivity index (χ4n) is 2.57. The minimum atomic E-state index is -0.173. The van der Waals surface area contributed by atoms with Crippen LogP contribution in [0.2, 0.25) is 0 Å². The molecule has 0 fully saturated rings. The van der Waals surface area contributed by atoms with Gasteiger partial charge in [-0.3, -0.25) is 0 Å². The van der Waals surface area contributed by atoms with Gasteiger partial charge in [0.2, 0.25) is 0 Å². The van der Waals surface area contributed by atoms with Gasteiger partial charge >= 0.3 is 0 Å². The number of nitrogens with zero attached hydrogens (tertiary/aromatic N) is 4. The smallest absolute Gasteiger partial charge is 0.152 e. The van der Waals surface area contributed by atoms with Gasteiger partial charge in [0.1, 0.15) is 12.1 Å². The van der Waals surface area contributed by atoms with Crippen LogP contribution in [0, 0.1) is 5.82 Å². The summed E-state index contributed by atoms with van der Waals surface area (Å²) in [7, 11) is 0. The first-order valence-electron chi connectivity index (χ1n) is 6.89. The molecule has 5 nitrogen and oxygen atoms in total. The molecule has 0 spiro atoms. The van der Waals surface area contributed by atoms with Crippen LogP contribution in [0.25, 0.3) is 0 Å². The second-order valence-electron chi connectivity index (χ2n) is 4.89. The number of para-hydroxylation sites is 1. The normalized spacial score (nSPS) is 14.4. The Balaban J connectivity index is 1.90. The quantitative estimate of drug-likeness (QED) is 0.919. The number of fused-ring (bicyclic) bond motifs is 1. The van der Waals surface area contributed by atoms with Gasteiger partial charge in [0.15, 0.2) is 5.82 Å². The van der Waals surface area contributed by atoms with E-state index in [1.807, 2.05) is 22.5 Å². The SMILES string of the molecule is CCNCc1cccc(F)c1N1CCn2cnnc2C1. The van der Waals surface area contributed by atoms with Gasteiger partial charge in [-0.15, -0.1) is 10.2 Å². The van der Waals surface area contributed by atoms with Crippen LogP contribution in [-0.2, 0) is 19.6 Å². The molecule has 0 atom stereocenters. The molecular formula is C14H18FN5. The van der Waals surface area contributed by atoms with Gasteiger partial charge in [-0.25, -0.2) is 4.39 Å². The van der Waals surface area contributed by atoms with Crippen LogP contribution >= 0.6 is 0 Å². The number of halogens is 1. The fourth-order valence-corrected chi connectivity index (χ4v) is 2.57. The second-order valence-corrected chi connectivity index (χ2v) is 4.89. The average molecular weight is 275 g/mol. The number of anilines is 1. The molecule has 0 radical (unpaired) electrons. The maximum absolute atomic E-state index is 14.3. The van der Waals surface area contributed by atoms with Crippen molar-refractivity contribution in [3.8, 4) is 0 Å². The Bertz CT molecular complexity index is 595. The molecule has 0 bridgehead atoms. The van der Waals surface area contributed by atoms with E-state index in [4.69, 9.17) is 0 Å². The predicted molar refractivity (Wildman–Crippen MR) is 74.9 cm³/mol. The van der Waals surface area contributed by atoms with Crippen molar-refractivity contribution in [2.24, 2.45) is 0 Å². The van der Waals surface area contributed by atoms with Crippen molar-refractivity contribution in [1.82, 2.24) is 20.1 Å². The lowest BCUT2D eigenvalue weighted by Gasteiger charge is -2.31. The number of hydrogen-bond acceptors (Lipinski definition) is 4. The summed E-state index contributed by atoms with van der Waals surface area (Å²) < 4.78 is 16.3. The molecule has 0 saturated heterocycles. The van der Waals surface area contributed by atoms with Gasteiger partial charge in [-0.1, -0.05) is 19.1 Å². The molecule has 1 aromatic heterocycles. The van der Waals surface area contributed by atoms with E-state index >= 15 is 0 Å². The summed E-state index contributed by atoms with van der Waals surface area (Å²) in [6.45, 7) is 5.74. The van der Waals surface area contributed by atoms with Crippen molar-refractivity contribution in [3.63, 3.8) is 0 Å². The molecule has 1 N–H and O–H groups in total. The second kappa shape index (κ2) is 5.58. The Hall–Kier alpha value is -1.95. The maximum atomic E-state index is 14.3. The average Bonchev–Trinajstić information content (AvgIpc) is 2.92. The van der Waals surface area contributed by atoms with E-state index in [1.54, 1.807) is 12.4 Å². The highest BCUT2D eigenvalue weighted by Gasteiger charge is 2.22. The lowest BCUT2D eigenvalue weighted by atomic mass is 10.1. The van der Waals surface area contributed by atoms with Crippen LogP contribution in [-0.4, -0.2) is 27.9 Å². The number of aromatic nitrogens is 3. The zero-order chi connectivity index (χ0) is 13.9. The molecule has 106 valence electrons. The summed E-state index contributed by atoms with van der Waals surface area (Å²) in [5.41, 5.74) is 1.67. The van der Waals surface area contributed by atoms with E-state index in [1.165, 1.54) is 6.07 Å². The standard InChI is InChI=1S/C14H18FN5/c1-2-16-8-11-4-3-5-12(15)14(11)19-6-7-20-10-17-18-13(20)9-19/h3-5,10,16H,2,6-9H2,1H3. The summed E-state index contributed by atoms with van der Waals surface area (Å²) >= 11 is 0. The number of benzene rings is 1. The Labute approximate surface area is 117 Å². The lowest BCUT2D eigenvalue weighted by Crippen LogP contribution is -2.35. The van der Waals surface area contributed by atoms with Crippen LogP contribution < -0.4 is 10.2 Å². The van der Waals surface area contributed by atoms with E-state index in [-0.39, 0.29) is 5.82 Å². The van der Waals surface area contributed by atoms with Crippen molar-refractivity contribution < 1.29 is 4.39 Å². The molecular weight excluding hydrogens is 257 g/mol. The third-order valence-electron chi connectivity index (χ3n) is 3.59. The van der Waals surface area contributed by atoms with Crippen LogP contribution in [0.15, 0.2) is 24.5 Å². The van der Waals surface area contributed by atoms with Crippen LogP contribution in [0.1, 0.15) is 18.3 Å². The van der Waals surface area contributed by atoms with Gasteiger partial charge in [0.25, 0.3) is 0 Å². The third-order valence-corrected chi connectivity index (χ3v) is 3.59. The minimum absolute atomic E-state index is 0.173. The van der Waals surface area contributed by atoms with E-state index in [0.29, 0.717) is 18.8 Å². The maximum Gasteiger partial charge on any atom is 0.152 e. The van der Waals surface area contributed by atoms with Crippen LogP contribution in [0.4, 0.5) is 10.1 Å². The summed E-state index contributed by atoms with van der Waals surface area (Å²) in [5, 5.41) is 11.3. The first-order chi connectivity index (χ1) is 9.79. The first kappa shape index (κ1) is 13.1. The van der Waals surface area contributed by atoms with Crippen LogP contribution in [0.3, 0.4) is 0 Å². The van der Waals surface area contributed by atoms with E-state index in [9.17, 15) is 4.39 Å². The first-order valence-corrected chi connectivity index (χ1v) is 6.89. The van der Waals surface area contributed by atoms with Gasteiger partial charge in [0, 0.05) is 19.6 Å². The molecule has 3 rings (SSSR count). The molecule has 6 heteroatoms. The summed E-state index contributed by atoms with van der Waals surface area (Å²) in [6, 6.07) is 5.25. The van der Waals surface area contributed by atoms with E-state index < -0.39 is 0 Å². The molecule has 2 heterocycles. The third kappa shape index (κ3) is 2.38. The predicted octanol–water partition coefficient (Wildman–Crippen LogP) is 1.55. The molecule has 0 saturated carbocycles. The van der Waals surface area contributed by atoms with Gasteiger partial charge in [0.05, 0.1) is 12.2 Å². The van der Waals surface area contributed by atoms with Crippen LogP contribution in [0.5, 0.6) is 0 Å². The van der Waals surface area contributed by atoms with Crippen molar-refractivity contribution in [2.45, 2.75) is 26.6 Å². The Morgan fingerprint density at radius 2 is 2.25 bits per heavy atom. The Kier molecular flexibility index (Phi) is 3.64. The molecule has 0 amide bonds.